The summed E-state index contributed by atoms with van der Waals surface area (Å²) >= 11 is 0. The van der Waals surface area contributed by atoms with Gasteiger partial charge in [0.15, 0.2) is 0 Å². The topological polar surface area (TPSA) is 42.4 Å². The first-order valence-corrected chi connectivity index (χ1v) is 5.09. The highest BCUT2D eigenvalue weighted by molar-refractivity contribution is 5.92. The van der Waals surface area contributed by atoms with Crippen molar-refractivity contribution in [2.45, 2.75) is 13.0 Å². The van der Waals surface area contributed by atoms with Gasteiger partial charge in [0, 0.05) is 19.3 Å². The Balaban J connectivity index is 2.08. The largest absolute Gasteiger partial charge is 0.375 e. The van der Waals surface area contributed by atoms with Crippen LogP contribution >= 0.6 is 0 Å². The molecule has 1 aromatic heterocycles. The van der Waals surface area contributed by atoms with Crippen LogP contribution in [-0.4, -0.2) is 41.6 Å². The van der Waals surface area contributed by atoms with Gasteiger partial charge in [-0.2, -0.15) is 0 Å². The predicted molar refractivity (Wildman–Crippen MR) is 55.6 cm³/mol. The zero-order valence-electron chi connectivity index (χ0n) is 8.72. The molecule has 15 heavy (non-hydrogen) atoms. The number of pyridine rings is 1. The number of nitrogens with zero attached hydrogens (tertiary/aromatic N) is 2. The normalized spacial score (nSPS) is 21.4. The molecule has 0 bridgehead atoms. The van der Waals surface area contributed by atoms with Crippen molar-refractivity contribution in [3.8, 4) is 0 Å². The van der Waals surface area contributed by atoms with Crippen LogP contribution < -0.4 is 0 Å². The Morgan fingerprint density at radius 3 is 3.13 bits per heavy atom. The summed E-state index contributed by atoms with van der Waals surface area (Å²) in [6.07, 6.45) is 1.75. The molecule has 0 N–H and O–H groups in total. The van der Waals surface area contributed by atoms with Gasteiger partial charge in [0.05, 0.1) is 12.7 Å². The van der Waals surface area contributed by atoms with E-state index in [9.17, 15) is 4.79 Å². The maximum atomic E-state index is 12.0. The smallest absolute Gasteiger partial charge is 0.272 e. The summed E-state index contributed by atoms with van der Waals surface area (Å²) in [4.78, 5) is 17.8. The highest BCUT2D eigenvalue weighted by Gasteiger charge is 2.22. The number of morpholine rings is 1. The number of rotatable bonds is 1. The summed E-state index contributed by atoms with van der Waals surface area (Å²) in [6, 6.07) is 5.37. The van der Waals surface area contributed by atoms with E-state index in [1.807, 2.05) is 13.0 Å². The van der Waals surface area contributed by atoms with Gasteiger partial charge in [-0.05, 0) is 19.1 Å². The van der Waals surface area contributed by atoms with Crippen molar-refractivity contribution in [2.75, 3.05) is 19.7 Å². The molecule has 0 aromatic carbocycles. The van der Waals surface area contributed by atoms with Gasteiger partial charge in [-0.3, -0.25) is 9.78 Å². The molecule has 80 valence electrons. The van der Waals surface area contributed by atoms with Crippen LogP contribution in [0.25, 0.3) is 0 Å². The summed E-state index contributed by atoms with van der Waals surface area (Å²) in [7, 11) is 0. The van der Waals surface area contributed by atoms with Crippen molar-refractivity contribution in [3.63, 3.8) is 0 Å². The molecule has 1 aliphatic heterocycles. The maximum Gasteiger partial charge on any atom is 0.272 e. The molecule has 0 saturated carbocycles. The summed E-state index contributed by atoms with van der Waals surface area (Å²) in [5.74, 6) is -0.00856. The minimum atomic E-state index is -0.00856. The summed E-state index contributed by atoms with van der Waals surface area (Å²) in [6.45, 7) is 3.88. The van der Waals surface area contributed by atoms with E-state index in [2.05, 4.69) is 4.98 Å². The lowest BCUT2D eigenvalue weighted by atomic mass is 10.2. The standard InChI is InChI=1S/C11H14N2O2/c1-9-8-13(6-7-15-9)11(14)10-4-2-3-5-12-10/h2-5,9H,6-8H2,1H3. The Kier molecular flexibility index (Phi) is 2.97. The van der Waals surface area contributed by atoms with Crippen LogP contribution in [0, 0.1) is 0 Å². The molecule has 1 saturated heterocycles. The fraction of sp³-hybridized carbons (Fsp3) is 0.455. The Labute approximate surface area is 88.9 Å². The van der Waals surface area contributed by atoms with Gasteiger partial charge in [-0.1, -0.05) is 6.07 Å². The average molecular weight is 206 g/mol. The Morgan fingerprint density at radius 2 is 2.47 bits per heavy atom. The third-order valence-corrected chi connectivity index (χ3v) is 2.41. The SMILES string of the molecule is CC1CN(C(=O)c2ccccn2)CCO1. The molecule has 4 nitrogen and oxygen atoms in total. The van der Waals surface area contributed by atoms with Crippen molar-refractivity contribution in [3.05, 3.63) is 30.1 Å². The van der Waals surface area contributed by atoms with Crippen LogP contribution in [0.5, 0.6) is 0 Å². The number of amides is 1. The van der Waals surface area contributed by atoms with Gasteiger partial charge in [-0.15, -0.1) is 0 Å². The van der Waals surface area contributed by atoms with Gasteiger partial charge in [0.1, 0.15) is 5.69 Å². The first-order chi connectivity index (χ1) is 7.27. The predicted octanol–water partition coefficient (Wildman–Crippen LogP) is 0.943. The molecule has 1 fully saturated rings. The lowest BCUT2D eigenvalue weighted by Crippen LogP contribution is -2.44. The van der Waals surface area contributed by atoms with E-state index in [0.717, 1.165) is 0 Å². The van der Waals surface area contributed by atoms with Crippen LogP contribution in [0.4, 0.5) is 0 Å². The highest BCUT2D eigenvalue weighted by Crippen LogP contribution is 2.08. The first kappa shape index (κ1) is 10.1. The van der Waals surface area contributed by atoms with Crippen LogP contribution in [-0.2, 0) is 4.74 Å². The van der Waals surface area contributed by atoms with Gasteiger partial charge >= 0.3 is 0 Å². The zero-order chi connectivity index (χ0) is 10.7. The summed E-state index contributed by atoms with van der Waals surface area (Å²) < 4.78 is 5.38. The molecule has 0 spiro atoms. The van der Waals surface area contributed by atoms with Crippen molar-refractivity contribution in [1.82, 2.24) is 9.88 Å². The number of carbonyl (C=O) groups is 1. The maximum absolute atomic E-state index is 12.0. The molecule has 1 unspecified atom stereocenters. The lowest BCUT2D eigenvalue weighted by Gasteiger charge is -2.30. The van der Waals surface area contributed by atoms with E-state index in [4.69, 9.17) is 4.74 Å². The van der Waals surface area contributed by atoms with E-state index >= 15 is 0 Å². The second-order valence-corrected chi connectivity index (χ2v) is 3.65. The van der Waals surface area contributed by atoms with Crippen LogP contribution in [0.2, 0.25) is 0 Å². The molecule has 1 amide bonds. The van der Waals surface area contributed by atoms with Gasteiger partial charge in [0.2, 0.25) is 0 Å². The van der Waals surface area contributed by atoms with E-state index in [1.54, 1.807) is 23.2 Å². The fourth-order valence-electron chi connectivity index (χ4n) is 1.65. The molecule has 0 radical (unpaired) electrons. The van der Waals surface area contributed by atoms with Gasteiger partial charge < -0.3 is 9.64 Å². The molecule has 1 atom stereocenters. The first-order valence-electron chi connectivity index (χ1n) is 5.09. The number of hydrogen-bond acceptors (Lipinski definition) is 3. The molecule has 1 aromatic rings. The molecule has 1 aliphatic rings. The van der Waals surface area contributed by atoms with E-state index in [-0.39, 0.29) is 12.0 Å². The molecule has 0 aliphatic carbocycles. The fourth-order valence-corrected chi connectivity index (χ4v) is 1.65. The summed E-state index contributed by atoms with van der Waals surface area (Å²) in [5, 5.41) is 0. The van der Waals surface area contributed by atoms with Crippen molar-refractivity contribution in [1.29, 1.82) is 0 Å². The molecular weight excluding hydrogens is 192 g/mol. The average Bonchev–Trinajstić information content (AvgIpc) is 2.29. The van der Waals surface area contributed by atoms with E-state index in [0.29, 0.717) is 25.4 Å². The number of aromatic nitrogens is 1. The van der Waals surface area contributed by atoms with Crippen molar-refractivity contribution in [2.24, 2.45) is 0 Å². The van der Waals surface area contributed by atoms with Crippen LogP contribution in [0.1, 0.15) is 17.4 Å². The molecule has 4 heteroatoms. The van der Waals surface area contributed by atoms with Gasteiger partial charge in [-0.25, -0.2) is 0 Å². The monoisotopic (exact) mass is 206 g/mol. The Hall–Kier alpha value is -1.42. The number of carbonyl (C=O) groups excluding carboxylic acids is 1. The van der Waals surface area contributed by atoms with E-state index in [1.165, 1.54) is 0 Å². The minimum absolute atomic E-state index is 0.00856. The lowest BCUT2D eigenvalue weighted by molar-refractivity contribution is -0.0126. The second-order valence-electron chi connectivity index (χ2n) is 3.65. The third kappa shape index (κ3) is 2.33. The Morgan fingerprint density at radius 1 is 1.60 bits per heavy atom. The number of hydrogen-bond donors (Lipinski definition) is 0. The molecule has 2 rings (SSSR count). The van der Waals surface area contributed by atoms with Crippen molar-refractivity contribution >= 4 is 5.91 Å². The van der Waals surface area contributed by atoms with Gasteiger partial charge in [0.25, 0.3) is 5.91 Å². The third-order valence-electron chi connectivity index (χ3n) is 2.41. The van der Waals surface area contributed by atoms with Crippen molar-refractivity contribution < 1.29 is 9.53 Å². The molecule has 2 heterocycles. The Bertz CT molecular complexity index is 340. The quantitative estimate of drug-likeness (QED) is 0.686. The second kappa shape index (κ2) is 4.40. The number of ether oxygens (including phenoxy) is 1. The highest BCUT2D eigenvalue weighted by atomic mass is 16.5. The zero-order valence-corrected chi connectivity index (χ0v) is 8.72. The minimum Gasteiger partial charge on any atom is -0.375 e. The van der Waals surface area contributed by atoms with E-state index < -0.39 is 0 Å². The molecular formula is C11H14N2O2. The van der Waals surface area contributed by atoms with Crippen LogP contribution in [0.3, 0.4) is 0 Å². The summed E-state index contributed by atoms with van der Waals surface area (Å²) in [5.41, 5.74) is 0.506. The van der Waals surface area contributed by atoms with Crippen LogP contribution in [0.15, 0.2) is 24.4 Å².